The van der Waals surface area contributed by atoms with Gasteiger partial charge in [0.05, 0.1) is 12.8 Å². The summed E-state index contributed by atoms with van der Waals surface area (Å²) in [5, 5.41) is 0. The van der Waals surface area contributed by atoms with Crippen molar-refractivity contribution in [2.24, 2.45) is 0 Å². The highest BCUT2D eigenvalue weighted by molar-refractivity contribution is 5.76. The molecule has 0 radical (unpaired) electrons. The van der Waals surface area contributed by atoms with E-state index in [0.717, 1.165) is 18.7 Å². The molecule has 1 heterocycles. The lowest BCUT2D eigenvalue weighted by atomic mass is 10.1. The van der Waals surface area contributed by atoms with Crippen molar-refractivity contribution < 1.29 is 9.21 Å². The van der Waals surface area contributed by atoms with Gasteiger partial charge in [-0.25, -0.2) is 0 Å². The van der Waals surface area contributed by atoms with E-state index in [1.54, 1.807) is 6.26 Å². The molecule has 0 unspecified atom stereocenters. The number of likely N-dealkylation sites (N-methyl/N-ethyl adjacent to an activating group) is 1. The summed E-state index contributed by atoms with van der Waals surface area (Å²) >= 11 is 0. The second-order valence-electron chi connectivity index (χ2n) is 6.18. The molecule has 0 bridgehead atoms. The number of hydrogen-bond donors (Lipinski definition) is 0. The third kappa shape index (κ3) is 5.91. The lowest BCUT2D eigenvalue weighted by molar-refractivity contribution is -0.132. The lowest BCUT2D eigenvalue weighted by Crippen LogP contribution is -2.36. The van der Waals surface area contributed by atoms with Gasteiger partial charge in [-0.05, 0) is 45.1 Å². The zero-order chi connectivity index (χ0) is 16.7. The molecule has 23 heavy (non-hydrogen) atoms. The van der Waals surface area contributed by atoms with Gasteiger partial charge in [0, 0.05) is 19.5 Å². The van der Waals surface area contributed by atoms with Gasteiger partial charge in [-0.3, -0.25) is 4.79 Å². The molecule has 1 amide bonds. The molecule has 0 atom stereocenters. The maximum absolute atomic E-state index is 12.6. The van der Waals surface area contributed by atoms with Gasteiger partial charge in [-0.15, -0.1) is 0 Å². The predicted octanol–water partition coefficient (Wildman–Crippen LogP) is 3.11. The summed E-state index contributed by atoms with van der Waals surface area (Å²) in [5.74, 6) is 0.997. The Hall–Kier alpha value is -2.07. The zero-order valence-corrected chi connectivity index (χ0v) is 14.3. The largest absolute Gasteiger partial charge is 0.467 e. The fraction of sp³-hybridized carbons (Fsp3) is 0.421. The van der Waals surface area contributed by atoms with Crippen molar-refractivity contribution in [1.29, 1.82) is 0 Å². The first-order chi connectivity index (χ1) is 11.0. The minimum atomic E-state index is 0.170. The van der Waals surface area contributed by atoms with Crippen LogP contribution in [0.3, 0.4) is 0 Å². The van der Waals surface area contributed by atoms with Gasteiger partial charge < -0.3 is 14.2 Å². The maximum atomic E-state index is 12.6. The van der Waals surface area contributed by atoms with Crippen molar-refractivity contribution in [3.05, 3.63) is 59.5 Å². The van der Waals surface area contributed by atoms with Crippen LogP contribution < -0.4 is 0 Å². The molecule has 0 fully saturated rings. The number of benzene rings is 1. The summed E-state index contributed by atoms with van der Waals surface area (Å²) in [5.41, 5.74) is 2.44. The van der Waals surface area contributed by atoms with Gasteiger partial charge in [0.1, 0.15) is 5.76 Å². The Morgan fingerprint density at radius 3 is 2.43 bits per heavy atom. The molecule has 4 nitrogen and oxygen atoms in total. The number of aryl methyl sites for hydroxylation is 2. The quantitative estimate of drug-likeness (QED) is 0.751. The van der Waals surface area contributed by atoms with E-state index in [-0.39, 0.29) is 5.91 Å². The number of furan rings is 1. The molecule has 0 spiro atoms. The standard InChI is InChI=1S/C19H26N2O2/c1-16-6-8-17(9-7-16)10-11-19(22)21(13-12-20(2)3)15-18-5-4-14-23-18/h4-9,14H,10-13,15H2,1-3H3. The van der Waals surface area contributed by atoms with Crippen LogP contribution in [0.5, 0.6) is 0 Å². The molecule has 0 aliphatic carbocycles. The van der Waals surface area contributed by atoms with Crippen molar-refractivity contribution in [1.82, 2.24) is 9.80 Å². The van der Waals surface area contributed by atoms with Crippen LogP contribution in [0, 0.1) is 6.92 Å². The monoisotopic (exact) mass is 314 g/mol. The number of carbonyl (C=O) groups is 1. The summed E-state index contributed by atoms with van der Waals surface area (Å²) in [4.78, 5) is 16.6. The van der Waals surface area contributed by atoms with E-state index in [4.69, 9.17) is 4.42 Å². The molecule has 1 aromatic carbocycles. The third-order valence-corrected chi connectivity index (χ3v) is 3.84. The van der Waals surface area contributed by atoms with Crippen molar-refractivity contribution in [2.45, 2.75) is 26.3 Å². The first-order valence-electron chi connectivity index (χ1n) is 8.05. The van der Waals surface area contributed by atoms with E-state index in [0.29, 0.717) is 19.5 Å². The van der Waals surface area contributed by atoms with E-state index < -0.39 is 0 Å². The van der Waals surface area contributed by atoms with Crippen molar-refractivity contribution >= 4 is 5.91 Å². The van der Waals surface area contributed by atoms with Crippen LogP contribution in [0.1, 0.15) is 23.3 Å². The summed E-state index contributed by atoms with van der Waals surface area (Å²) < 4.78 is 5.39. The number of hydrogen-bond acceptors (Lipinski definition) is 3. The van der Waals surface area contributed by atoms with Crippen molar-refractivity contribution in [3.8, 4) is 0 Å². The summed E-state index contributed by atoms with van der Waals surface area (Å²) in [6.45, 7) is 4.16. The molecule has 2 rings (SSSR count). The van der Waals surface area contributed by atoms with E-state index in [2.05, 4.69) is 36.1 Å². The van der Waals surface area contributed by atoms with E-state index in [1.165, 1.54) is 11.1 Å². The summed E-state index contributed by atoms with van der Waals surface area (Å²) in [7, 11) is 4.03. The van der Waals surface area contributed by atoms with Gasteiger partial charge in [-0.2, -0.15) is 0 Å². The number of carbonyl (C=O) groups excluding carboxylic acids is 1. The number of amides is 1. The number of nitrogens with zero attached hydrogens (tertiary/aromatic N) is 2. The molecular formula is C19H26N2O2. The Kier molecular flexibility index (Phi) is 6.41. The van der Waals surface area contributed by atoms with Gasteiger partial charge in [0.25, 0.3) is 0 Å². The molecule has 2 aromatic rings. The second-order valence-corrected chi connectivity index (χ2v) is 6.18. The highest BCUT2D eigenvalue weighted by Gasteiger charge is 2.15. The minimum absolute atomic E-state index is 0.170. The second kappa shape index (κ2) is 8.53. The van der Waals surface area contributed by atoms with Gasteiger partial charge in [-0.1, -0.05) is 29.8 Å². The molecule has 0 N–H and O–H groups in total. The zero-order valence-electron chi connectivity index (χ0n) is 14.3. The summed E-state index contributed by atoms with van der Waals surface area (Å²) in [6, 6.07) is 12.1. The van der Waals surface area contributed by atoms with Crippen LogP contribution in [0.25, 0.3) is 0 Å². The van der Waals surface area contributed by atoms with Crippen molar-refractivity contribution in [2.75, 3.05) is 27.2 Å². The molecule has 1 aromatic heterocycles. The molecule has 124 valence electrons. The molecule has 0 aliphatic heterocycles. The normalized spacial score (nSPS) is 11.0. The Bertz CT molecular complexity index is 588. The van der Waals surface area contributed by atoms with Gasteiger partial charge in [0.2, 0.25) is 5.91 Å². The average molecular weight is 314 g/mol. The van der Waals surface area contributed by atoms with Crippen LogP contribution in [0.15, 0.2) is 47.1 Å². The van der Waals surface area contributed by atoms with Crippen LogP contribution in [0.2, 0.25) is 0 Å². The highest BCUT2D eigenvalue weighted by Crippen LogP contribution is 2.10. The predicted molar refractivity (Wildman–Crippen MR) is 92.2 cm³/mol. The Balaban J connectivity index is 1.93. The molecule has 0 saturated carbocycles. The van der Waals surface area contributed by atoms with Crippen LogP contribution in [-0.4, -0.2) is 42.9 Å². The molecule has 0 aliphatic rings. The first-order valence-corrected chi connectivity index (χ1v) is 8.05. The first kappa shape index (κ1) is 17.3. The summed E-state index contributed by atoms with van der Waals surface area (Å²) in [6.07, 6.45) is 2.95. The Labute approximate surface area is 138 Å². The van der Waals surface area contributed by atoms with E-state index in [1.807, 2.05) is 31.1 Å². The van der Waals surface area contributed by atoms with E-state index >= 15 is 0 Å². The van der Waals surface area contributed by atoms with E-state index in [9.17, 15) is 4.79 Å². The smallest absolute Gasteiger partial charge is 0.223 e. The Morgan fingerprint density at radius 1 is 1.09 bits per heavy atom. The van der Waals surface area contributed by atoms with Gasteiger partial charge >= 0.3 is 0 Å². The topological polar surface area (TPSA) is 36.7 Å². The van der Waals surface area contributed by atoms with Crippen LogP contribution >= 0.6 is 0 Å². The highest BCUT2D eigenvalue weighted by atomic mass is 16.3. The average Bonchev–Trinajstić information content (AvgIpc) is 3.03. The molecular weight excluding hydrogens is 288 g/mol. The Morgan fingerprint density at radius 2 is 1.83 bits per heavy atom. The fourth-order valence-corrected chi connectivity index (χ4v) is 2.37. The SMILES string of the molecule is Cc1ccc(CCC(=O)N(CCN(C)C)Cc2ccco2)cc1. The molecule has 4 heteroatoms. The van der Waals surface area contributed by atoms with Crippen LogP contribution in [0.4, 0.5) is 0 Å². The fourth-order valence-electron chi connectivity index (χ4n) is 2.37. The van der Waals surface area contributed by atoms with Crippen molar-refractivity contribution in [3.63, 3.8) is 0 Å². The van der Waals surface area contributed by atoms with Crippen LogP contribution in [-0.2, 0) is 17.8 Å². The maximum Gasteiger partial charge on any atom is 0.223 e. The molecule has 0 saturated heterocycles. The van der Waals surface area contributed by atoms with Gasteiger partial charge in [0.15, 0.2) is 0 Å². The number of rotatable bonds is 8. The third-order valence-electron chi connectivity index (χ3n) is 3.84. The lowest BCUT2D eigenvalue weighted by Gasteiger charge is -2.23. The minimum Gasteiger partial charge on any atom is -0.467 e.